The summed E-state index contributed by atoms with van der Waals surface area (Å²) in [6, 6.07) is 0. The SMILES string of the molecule is O=C([O-])CCC(Cl)C(=O)[O-].[Ag+].[Ag+]. The summed E-state index contributed by atoms with van der Waals surface area (Å²) in [4.78, 5) is 19.6. The van der Waals surface area contributed by atoms with Crippen LogP contribution in [0.1, 0.15) is 12.8 Å². The minimum Gasteiger partial charge on any atom is -0.550 e. The third-order valence-corrected chi connectivity index (χ3v) is 1.25. The van der Waals surface area contributed by atoms with Crippen LogP contribution < -0.4 is 10.2 Å². The molecule has 0 aliphatic rings. The van der Waals surface area contributed by atoms with Crippen LogP contribution >= 0.6 is 11.6 Å². The predicted molar refractivity (Wildman–Crippen MR) is 28.9 cm³/mol. The third-order valence-electron chi connectivity index (χ3n) is 0.858. The Morgan fingerprint density at radius 1 is 1.25 bits per heavy atom. The molecule has 0 N–H and O–H groups in total. The first-order chi connectivity index (χ1) is 4.54. The van der Waals surface area contributed by atoms with Crippen molar-refractivity contribution in [2.45, 2.75) is 18.2 Å². The maximum absolute atomic E-state index is 9.86. The van der Waals surface area contributed by atoms with E-state index in [0.29, 0.717) is 0 Å². The van der Waals surface area contributed by atoms with Gasteiger partial charge in [-0.05, 0) is 12.8 Å². The van der Waals surface area contributed by atoms with Gasteiger partial charge < -0.3 is 19.8 Å². The molecule has 0 aromatic heterocycles. The summed E-state index contributed by atoms with van der Waals surface area (Å²) >= 11 is 5.11. The van der Waals surface area contributed by atoms with E-state index in [-0.39, 0.29) is 57.6 Å². The number of alkyl halides is 1. The molecule has 12 heavy (non-hydrogen) atoms. The van der Waals surface area contributed by atoms with Gasteiger partial charge in [-0.3, -0.25) is 0 Å². The molecular weight excluding hydrogens is 375 g/mol. The molecule has 0 heterocycles. The van der Waals surface area contributed by atoms with Crippen LogP contribution in [0.25, 0.3) is 0 Å². The Labute approximate surface area is 106 Å². The fourth-order valence-corrected chi connectivity index (χ4v) is 0.472. The number of carbonyl (C=O) groups is 2. The Bertz CT molecular complexity index is 152. The Morgan fingerprint density at radius 3 is 1.92 bits per heavy atom. The van der Waals surface area contributed by atoms with Crippen molar-refractivity contribution >= 4 is 23.5 Å². The van der Waals surface area contributed by atoms with Gasteiger partial charge in [0.15, 0.2) is 0 Å². The van der Waals surface area contributed by atoms with Gasteiger partial charge in [0.25, 0.3) is 0 Å². The van der Waals surface area contributed by atoms with E-state index in [2.05, 4.69) is 0 Å². The fourth-order valence-electron chi connectivity index (χ4n) is 0.362. The third kappa shape index (κ3) is 10.7. The van der Waals surface area contributed by atoms with E-state index < -0.39 is 17.3 Å². The van der Waals surface area contributed by atoms with Gasteiger partial charge in [0.2, 0.25) is 0 Å². The Kier molecular flexibility index (Phi) is 15.1. The summed E-state index contributed by atoms with van der Waals surface area (Å²) < 4.78 is 0. The summed E-state index contributed by atoms with van der Waals surface area (Å²) in [6.07, 6.45) is -0.519. The molecule has 0 saturated heterocycles. The van der Waals surface area contributed by atoms with Crippen LogP contribution in [0.5, 0.6) is 0 Å². The molecule has 0 saturated carbocycles. The van der Waals surface area contributed by atoms with Crippen molar-refractivity contribution in [3.63, 3.8) is 0 Å². The van der Waals surface area contributed by atoms with E-state index in [0.717, 1.165) is 0 Å². The number of aliphatic carboxylic acids is 2. The second kappa shape index (κ2) is 9.80. The van der Waals surface area contributed by atoms with Crippen LogP contribution in [0.2, 0.25) is 0 Å². The Balaban J connectivity index is -0.000000405. The second-order valence-electron chi connectivity index (χ2n) is 1.70. The molecule has 0 aliphatic heterocycles. The summed E-state index contributed by atoms with van der Waals surface area (Å²) in [6.45, 7) is 0. The smallest absolute Gasteiger partial charge is 0.550 e. The van der Waals surface area contributed by atoms with Crippen LogP contribution in [0.4, 0.5) is 0 Å². The van der Waals surface area contributed by atoms with Crippen molar-refractivity contribution in [1.29, 1.82) is 0 Å². The maximum atomic E-state index is 9.86. The zero-order chi connectivity index (χ0) is 8.15. The standard InChI is InChI=1S/C5H7ClO4.2Ag/c6-3(5(9)10)1-2-4(7)8;;/h3H,1-2H2,(H,7,8)(H,9,10);;/q;2*+1/p-2. The second-order valence-corrected chi connectivity index (χ2v) is 2.22. The number of carboxylic acids is 2. The summed E-state index contributed by atoms with van der Waals surface area (Å²) in [5.74, 6) is -2.77. The minimum absolute atomic E-state index is 0. The average molecular weight is 380 g/mol. The van der Waals surface area contributed by atoms with Crippen molar-refractivity contribution in [1.82, 2.24) is 0 Å². The Hall–Kier alpha value is 0.711. The predicted octanol–water partition coefficient (Wildman–Crippen LogP) is -2.13. The van der Waals surface area contributed by atoms with Gasteiger partial charge in [-0.15, -0.1) is 11.6 Å². The summed E-state index contributed by atoms with van der Waals surface area (Å²) in [5.41, 5.74) is 0. The first kappa shape index (κ1) is 18.5. The first-order valence-electron chi connectivity index (χ1n) is 2.59. The number of carboxylic acid groups (broad SMARTS) is 2. The zero-order valence-electron chi connectivity index (χ0n) is 5.61. The molecule has 4 nitrogen and oxygen atoms in total. The van der Waals surface area contributed by atoms with Crippen LogP contribution in [-0.4, -0.2) is 17.3 Å². The van der Waals surface area contributed by atoms with Gasteiger partial charge in [-0.2, -0.15) is 0 Å². The van der Waals surface area contributed by atoms with Gasteiger partial charge in [0.1, 0.15) is 0 Å². The molecule has 1 atom stereocenters. The van der Waals surface area contributed by atoms with Gasteiger partial charge >= 0.3 is 44.8 Å². The summed E-state index contributed by atoms with van der Waals surface area (Å²) in [5, 5.41) is 18.4. The first-order valence-corrected chi connectivity index (χ1v) is 3.02. The largest absolute Gasteiger partial charge is 1.00 e. The number of carbonyl (C=O) groups excluding carboxylic acids is 2. The van der Waals surface area contributed by atoms with E-state index >= 15 is 0 Å². The molecule has 0 bridgehead atoms. The quantitative estimate of drug-likeness (QED) is 0.412. The molecular formula is C5H5Ag2ClO4. The number of hydrogen-bond donors (Lipinski definition) is 0. The van der Waals surface area contributed by atoms with E-state index in [9.17, 15) is 19.8 Å². The van der Waals surface area contributed by atoms with Gasteiger partial charge in [0.05, 0.1) is 11.3 Å². The van der Waals surface area contributed by atoms with Crippen molar-refractivity contribution in [2.24, 2.45) is 0 Å². The van der Waals surface area contributed by atoms with Crippen LogP contribution in [0, 0.1) is 0 Å². The van der Waals surface area contributed by atoms with Crippen LogP contribution in [-0.2, 0) is 54.3 Å². The molecule has 0 aromatic rings. The van der Waals surface area contributed by atoms with Crippen molar-refractivity contribution in [3.8, 4) is 0 Å². The number of hydrogen-bond acceptors (Lipinski definition) is 4. The van der Waals surface area contributed by atoms with Crippen molar-refractivity contribution in [3.05, 3.63) is 0 Å². The van der Waals surface area contributed by atoms with Crippen LogP contribution in [0.3, 0.4) is 0 Å². The average Bonchev–Trinajstić information content (AvgIpc) is 1.82. The fraction of sp³-hybridized carbons (Fsp3) is 0.600. The van der Waals surface area contributed by atoms with E-state index in [1.165, 1.54) is 0 Å². The van der Waals surface area contributed by atoms with Gasteiger partial charge in [-0.1, -0.05) is 0 Å². The monoisotopic (exact) mass is 378 g/mol. The molecule has 0 aliphatic carbocycles. The van der Waals surface area contributed by atoms with E-state index in [1.54, 1.807) is 0 Å². The van der Waals surface area contributed by atoms with Crippen molar-refractivity contribution in [2.75, 3.05) is 0 Å². The minimum atomic E-state index is -1.46. The zero-order valence-corrected chi connectivity index (χ0v) is 9.33. The van der Waals surface area contributed by atoms with Crippen molar-refractivity contribution < 1.29 is 64.6 Å². The van der Waals surface area contributed by atoms with Gasteiger partial charge in [-0.25, -0.2) is 0 Å². The molecule has 0 fully saturated rings. The molecule has 0 radical (unpaired) electrons. The van der Waals surface area contributed by atoms with E-state index in [1.807, 2.05) is 0 Å². The molecule has 78 valence electrons. The molecule has 0 amide bonds. The normalized spacial score (nSPS) is 10.4. The molecule has 0 spiro atoms. The number of rotatable bonds is 4. The molecule has 0 aromatic carbocycles. The topological polar surface area (TPSA) is 80.3 Å². The number of halogens is 1. The molecule has 0 rings (SSSR count). The Morgan fingerprint density at radius 2 is 1.67 bits per heavy atom. The van der Waals surface area contributed by atoms with Gasteiger partial charge in [0, 0.05) is 5.97 Å². The maximum Gasteiger partial charge on any atom is 1.00 e. The summed E-state index contributed by atoms with van der Waals surface area (Å²) in [7, 11) is 0. The molecule has 7 heteroatoms. The van der Waals surface area contributed by atoms with Crippen LogP contribution in [0.15, 0.2) is 0 Å². The van der Waals surface area contributed by atoms with E-state index in [4.69, 9.17) is 11.6 Å². The molecule has 1 unspecified atom stereocenters.